The fourth-order valence-corrected chi connectivity index (χ4v) is 3.62. The van der Waals surface area contributed by atoms with Crippen LogP contribution in [0.5, 0.6) is 0 Å². The van der Waals surface area contributed by atoms with Gasteiger partial charge in [0.05, 0.1) is 22.2 Å². The number of methoxy groups -OCH3 is 1. The Morgan fingerprint density at radius 3 is 2.74 bits per heavy atom. The van der Waals surface area contributed by atoms with Gasteiger partial charge in [0, 0.05) is 19.6 Å². The first-order chi connectivity index (χ1) is 9.10. The standard InChI is InChI=1S/C12H18N4OS2/c1-7(2)13-12-16-15-11(19-12)10-8(3)14-9(18-10)5-6-17-4/h7H,5-6H2,1-4H3,(H,13,16). The van der Waals surface area contributed by atoms with E-state index in [1.807, 2.05) is 6.92 Å². The summed E-state index contributed by atoms with van der Waals surface area (Å²) >= 11 is 3.25. The van der Waals surface area contributed by atoms with Crippen molar-refractivity contribution >= 4 is 27.8 Å². The van der Waals surface area contributed by atoms with Gasteiger partial charge in [-0.3, -0.25) is 0 Å². The Morgan fingerprint density at radius 2 is 2.05 bits per heavy atom. The molecule has 0 fully saturated rings. The average Bonchev–Trinajstić information content (AvgIpc) is 2.92. The first kappa shape index (κ1) is 14.4. The SMILES string of the molecule is COCCc1nc(C)c(-c2nnc(NC(C)C)s2)s1. The monoisotopic (exact) mass is 298 g/mol. The topological polar surface area (TPSA) is 59.9 Å². The van der Waals surface area contributed by atoms with Crippen molar-refractivity contribution in [3.05, 3.63) is 10.7 Å². The van der Waals surface area contributed by atoms with Gasteiger partial charge < -0.3 is 10.1 Å². The van der Waals surface area contributed by atoms with Crippen molar-refractivity contribution in [3.8, 4) is 9.88 Å². The molecular formula is C12H18N4OS2. The predicted molar refractivity (Wildman–Crippen MR) is 80.1 cm³/mol. The van der Waals surface area contributed by atoms with E-state index >= 15 is 0 Å². The lowest BCUT2D eigenvalue weighted by molar-refractivity contribution is 0.202. The van der Waals surface area contributed by atoms with Gasteiger partial charge in [0.15, 0.2) is 5.01 Å². The van der Waals surface area contributed by atoms with Crippen molar-refractivity contribution in [2.75, 3.05) is 19.0 Å². The maximum absolute atomic E-state index is 5.08. The van der Waals surface area contributed by atoms with Crippen molar-refractivity contribution in [2.24, 2.45) is 0 Å². The summed E-state index contributed by atoms with van der Waals surface area (Å²) in [5.74, 6) is 0. The van der Waals surface area contributed by atoms with E-state index in [1.165, 1.54) is 0 Å². The molecule has 2 aromatic rings. The van der Waals surface area contributed by atoms with Crippen LogP contribution in [0.1, 0.15) is 24.5 Å². The molecule has 0 aliphatic heterocycles. The fraction of sp³-hybridized carbons (Fsp3) is 0.583. The molecule has 0 saturated heterocycles. The van der Waals surface area contributed by atoms with E-state index in [9.17, 15) is 0 Å². The molecule has 104 valence electrons. The molecule has 0 aromatic carbocycles. The highest BCUT2D eigenvalue weighted by molar-refractivity contribution is 7.23. The smallest absolute Gasteiger partial charge is 0.206 e. The van der Waals surface area contributed by atoms with Crippen LogP contribution in [0.15, 0.2) is 0 Å². The Bertz CT molecular complexity index is 536. The molecular weight excluding hydrogens is 280 g/mol. The Balaban J connectivity index is 2.16. The zero-order chi connectivity index (χ0) is 13.8. The predicted octanol–water partition coefficient (Wildman–Crippen LogP) is 2.98. The Kier molecular flexibility index (Phi) is 4.84. The van der Waals surface area contributed by atoms with Crippen LogP contribution >= 0.6 is 22.7 Å². The first-order valence-electron chi connectivity index (χ1n) is 6.15. The molecule has 0 unspecified atom stereocenters. The van der Waals surface area contributed by atoms with Gasteiger partial charge in [-0.1, -0.05) is 11.3 Å². The highest BCUT2D eigenvalue weighted by Crippen LogP contribution is 2.33. The lowest BCUT2D eigenvalue weighted by Crippen LogP contribution is -2.08. The van der Waals surface area contributed by atoms with E-state index < -0.39 is 0 Å². The molecule has 0 radical (unpaired) electrons. The third-order valence-corrected chi connectivity index (χ3v) is 4.62. The van der Waals surface area contributed by atoms with Crippen LogP contribution in [0.3, 0.4) is 0 Å². The van der Waals surface area contributed by atoms with E-state index in [-0.39, 0.29) is 0 Å². The molecule has 0 spiro atoms. The van der Waals surface area contributed by atoms with E-state index in [0.717, 1.165) is 32.1 Å². The molecule has 2 aromatic heterocycles. The summed E-state index contributed by atoms with van der Waals surface area (Å²) in [6, 6.07) is 0.362. The lowest BCUT2D eigenvalue weighted by Gasteiger charge is -2.02. The molecule has 0 aliphatic carbocycles. The molecule has 7 heteroatoms. The molecule has 19 heavy (non-hydrogen) atoms. The number of aromatic nitrogens is 3. The van der Waals surface area contributed by atoms with E-state index in [0.29, 0.717) is 12.6 Å². The van der Waals surface area contributed by atoms with E-state index in [2.05, 4.69) is 34.3 Å². The summed E-state index contributed by atoms with van der Waals surface area (Å²) in [5, 5.41) is 14.5. The number of nitrogens with zero attached hydrogens (tertiary/aromatic N) is 3. The molecule has 0 bridgehead atoms. The van der Waals surface area contributed by atoms with Crippen LogP contribution < -0.4 is 5.32 Å². The number of anilines is 1. The normalized spacial score (nSPS) is 11.2. The summed E-state index contributed by atoms with van der Waals surface area (Å²) < 4.78 is 5.08. The number of aryl methyl sites for hydroxylation is 1. The highest BCUT2D eigenvalue weighted by atomic mass is 32.1. The largest absolute Gasteiger partial charge is 0.384 e. The summed E-state index contributed by atoms with van der Waals surface area (Å²) in [5.41, 5.74) is 1.02. The molecule has 1 N–H and O–H groups in total. The molecule has 2 heterocycles. The third-order valence-electron chi connectivity index (χ3n) is 2.39. The van der Waals surface area contributed by atoms with Crippen molar-refractivity contribution in [1.82, 2.24) is 15.2 Å². The molecule has 5 nitrogen and oxygen atoms in total. The zero-order valence-electron chi connectivity index (χ0n) is 11.6. The molecule has 0 aliphatic rings. The van der Waals surface area contributed by atoms with Gasteiger partial charge in [0.2, 0.25) is 5.13 Å². The lowest BCUT2D eigenvalue weighted by atomic mass is 10.4. The van der Waals surface area contributed by atoms with Gasteiger partial charge in [-0.25, -0.2) is 4.98 Å². The second kappa shape index (κ2) is 6.40. The van der Waals surface area contributed by atoms with Crippen LogP contribution in [-0.2, 0) is 11.2 Å². The minimum Gasteiger partial charge on any atom is -0.384 e. The summed E-state index contributed by atoms with van der Waals surface area (Å²) in [6.45, 7) is 6.88. The van der Waals surface area contributed by atoms with Gasteiger partial charge in [0.25, 0.3) is 0 Å². The molecule has 0 saturated carbocycles. The van der Waals surface area contributed by atoms with Crippen LogP contribution in [0.25, 0.3) is 9.88 Å². The number of nitrogens with one attached hydrogen (secondary N) is 1. The quantitative estimate of drug-likeness (QED) is 0.888. The number of ether oxygens (including phenoxy) is 1. The van der Waals surface area contributed by atoms with Crippen LogP contribution in [-0.4, -0.2) is 34.9 Å². The number of hydrogen-bond donors (Lipinski definition) is 1. The third kappa shape index (κ3) is 3.71. The fourth-order valence-electron chi connectivity index (χ4n) is 1.57. The minimum absolute atomic E-state index is 0.362. The Morgan fingerprint density at radius 1 is 1.26 bits per heavy atom. The summed E-state index contributed by atoms with van der Waals surface area (Å²) in [4.78, 5) is 5.66. The summed E-state index contributed by atoms with van der Waals surface area (Å²) in [6.07, 6.45) is 0.845. The van der Waals surface area contributed by atoms with Gasteiger partial charge in [-0.05, 0) is 20.8 Å². The summed E-state index contributed by atoms with van der Waals surface area (Å²) in [7, 11) is 1.70. The van der Waals surface area contributed by atoms with Crippen LogP contribution in [0, 0.1) is 6.92 Å². The average molecular weight is 298 g/mol. The molecule has 0 amide bonds. The van der Waals surface area contributed by atoms with Crippen LogP contribution in [0.2, 0.25) is 0 Å². The number of hydrogen-bond acceptors (Lipinski definition) is 7. The van der Waals surface area contributed by atoms with Crippen LogP contribution in [0.4, 0.5) is 5.13 Å². The van der Waals surface area contributed by atoms with Gasteiger partial charge in [-0.15, -0.1) is 21.5 Å². The van der Waals surface area contributed by atoms with Crippen molar-refractivity contribution in [2.45, 2.75) is 33.2 Å². The van der Waals surface area contributed by atoms with Crippen molar-refractivity contribution in [3.63, 3.8) is 0 Å². The maximum atomic E-state index is 5.08. The highest BCUT2D eigenvalue weighted by Gasteiger charge is 2.14. The minimum atomic E-state index is 0.362. The zero-order valence-corrected chi connectivity index (χ0v) is 13.2. The van der Waals surface area contributed by atoms with E-state index in [4.69, 9.17) is 4.74 Å². The van der Waals surface area contributed by atoms with E-state index in [1.54, 1.807) is 29.8 Å². The van der Waals surface area contributed by atoms with Gasteiger partial charge in [0.1, 0.15) is 0 Å². The van der Waals surface area contributed by atoms with Gasteiger partial charge >= 0.3 is 0 Å². The van der Waals surface area contributed by atoms with Crippen molar-refractivity contribution < 1.29 is 4.74 Å². The second-order valence-electron chi connectivity index (χ2n) is 4.48. The Hall–Kier alpha value is -1.05. The molecule has 0 atom stereocenters. The number of rotatable bonds is 6. The number of thiazole rings is 1. The van der Waals surface area contributed by atoms with Gasteiger partial charge in [-0.2, -0.15) is 0 Å². The first-order valence-corrected chi connectivity index (χ1v) is 7.79. The second-order valence-corrected chi connectivity index (χ2v) is 6.54. The Labute approximate surface area is 121 Å². The van der Waals surface area contributed by atoms with Crippen molar-refractivity contribution in [1.29, 1.82) is 0 Å². The molecule has 2 rings (SSSR count). The maximum Gasteiger partial charge on any atom is 0.206 e.